The van der Waals surface area contributed by atoms with Gasteiger partial charge in [-0.2, -0.15) is 0 Å². The number of unbranched alkanes of at least 4 members (excludes halogenated alkanes) is 3. The van der Waals surface area contributed by atoms with Gasteiger partial charge in [-0.15, -0.1) is 0 Å². The molecule has 0 saturated carbocycles. The molecule has 186 valence electrons. The van der Waals surface area contributed by atoms with Crippen molar-refractivity contribution in [1.29, 1.82) is 0 Å². The fourth-order valence-corrected chi connectivity index (χ4v) is 5.28. The Bertz CT molecular complexity index is 1160. The quantitative estimate of drug-likeness (QED) is 0.316. The van der Waals surface area contributed by atoms with Gasteiger partial charge in [0.1, 0.15) is 11.3 Å². The summed E-state index contributed by atoms with van der Waals surface area (Å²) in [5.74, 6) is -1.90. The maximum absolute atomic E-state index is 13.4. The topological polar surface area (TPSA) is 107 Å². The summed E-state index contributed by atoms with van der Waals surface area (Å²) in [6, 6.07) is 0. The Morgan fingerprint density at radius 1 is 1.17 bits per heavy atom. The number of Topliss-reactive ketones (excluding diaryl/α,β-unsaturated/α-hetero) is 2. The molecular formula is C28H32O7. The summed E-state index contributed by atoms with van der Waals surface area (Å²) in [6.07, 6.45) is 8.72. The summed E-state index contributed by atoms with van der Waals surface area (Å²) in [5, 5.41) is 9.88. The van der Waals surface area contributed by atoms with Crippen LogP contribution in [-0.2, 0) is 28.7 Å². The van der Waals surface area contributed by atoms with Crippen LogP contribution >= 0.6 is 0 Å². The molecular weight excluding hydrogens is 448 g/mol. The first kappa shape index (κ1) is 25.0. The predicted molar refractivity (Wildman–Crippen MR) is 128 cm³/mol. The molecule has 0 fully saturated rings. The van der Waals surface area contributed by atoms with E-state index < -0.39 is 23.5 Å². The lowest BCUT2D eigenvalue weighted by atomic mass is 9.74. The maximum Gasteiger partial charge on any atom is 0.343 e. The van der Waals surface area contributed by atoms with E-state index in [2.05, 4.69) is 6.92 Å². The Morgan fingerprint density at radius 2 is 1.91 bits per heavy atom. The zero-order chi connectivity index (χ0) is 25.5. The molecule has 0 saturated heterocycles. The van der Waals surface area contributed by atoms with Gasteiger partial charge in [0.25, 0.3) is 0 Å². The van der Waals surface area contributed by atoms with Crippen LogP contribution in [0.5, 0.6) is 0 Å². The molecule has 0 aromatic carbocycles. The van der Waals surface area contributed by atoms with Crippen molar-refractivity contribution in [2.24, 2.45) is 5.92 Å². The second-order valence-electron chi connectivity index (χ2n) is 10.0. The number of carbonyl (C=O) groups excluding carboxylic acids is 4. The van der Waals surface area contributed by atoms with E-state index in [1.165, 1.54) is 19.3 Å². The highest BCUT2D eigenvalue weighted by molar-refractivity contribution is 6.24. The Kier molecular flexibility index (Phi) is 6.82. The van der Waals surface area contributed by atoms with E-state index in [-0.39, 0.29) is 40.8 Å². The highest BCUT2D eigenvalue weighted by Gasteiger charge is 2.55. The Morgan fingerprint density at radius 3 is 2.60 bits per heavy atom. The fraction of sp³-hybridized carbons (Fsp3) is 0.500. The molecule has 2 aliphatic heterocycles. The summed E-state index contributed by atoms with van der Waals surface area (Å²) in [4.78, 5) is 52.0. The van der Waals surface area contributed by atoms with E-state index in [1.54, 1.807) is 19.9 Å². The van der Waals surface area contributed by atoms with Crippen LogP contribution in [0.3, 0.4) is 0 Å². The number of aliphatic hydroxyl groups excluding tert-OH is 1. The monoisotopic (exact) mass is 480 g/mol. The molecule has 0 aromatic rings. The van der Waals surface area contributed by atoms with Gasteiger partial charge in [-0.05, 0) is 44.4 Å². The minimum atomic E-state index is -1.59. The number of carbonyl (C=O) groups is 4. The van der Waals surface area contributed by atoms with Gasteiger partial charge in [0.05, 0.1) is 17.9 Å². The van der Waals surface area contributed by atoms with Gasteiger partial charge in [0.15, 0.2) is 17.2 Å². The summed E-state index contributed by atoms with van der Waals surface area (Å²) in [7, 11) is 0. The van der Waals surface area contributed by atoms with E-state index in [1.807, 2.05) is 0 Å². The second-order valence-corrected chi connectivity index (χ2v) is 10.0. The van der Waals surface area contributed by atoms with E-state index in [0.29, 0.717) is 35.1 Å². The number of ether oxygens (including phenoxy) is 2. The van der Waals surface area contributed by atoms with Crippen molar-refractivity contribution in [2.75, 3.05) is 0 Å². The maximum atomic E-state index is 13.4. The first-order valence-electron chi connectivity index (χ1n) is 12.4. The fourth-order valence-electron chi connectivity index (χ4n) is 5.28. The van der Waals surface area contributed by atoms with Crippen molar-refractivity contribution in [3.8, 4) is 0 Å². The van der Waals surface area contributed by atoms with Crippen molar-refractivity contribution >= 4 is 23.3 Å². The van der Waals surface area contributed by atoms with Crippen molar-refractivity contribution in [2.45, 2.75) is 84.3 Å². The number of fused-ring (bicyclic) bond motifs is 3. The van der Waals surface area contributed by atoms with Gasteiger partial charge in [-0.1, -0.05) is 45.1 Å². The lowest BCUT2D eigenvalue weighted by Gasteiger charge is -2.32. The van der Waals surface area contributed by atoms with Gasteiger partial charge >= 0.3 is 5.97 Å². The molecule has 2 aliphatic carbocycles. The molecule has 2 heterocycles. The third-order valence-corrected chi connectivity index (χ3v) is 7.25. The SMILES string of the molecule is CCCCCC[C@H](C)C(=O)C1=C2C3=COC(C4=C(C)C[C@H](O)CC4=O)=CC3=CC(=O)[C@]2(C)OC1=O. The van der Waals surface area contributed by atoms with Gasteiger partial charge in [0, 0.05) is 23.5 Å². The molecule has 4 rings (SSSR count). The normalized spacial score (nSPS) is 26.9. The summed E-state index contributed by atoms with van der Waals surface area (Å²) in [5.41, 5.74) is 0.545. The van der Waals surface area contributed by atoms with Crippen LogP contribution in [0.25, 0.3) is 0 Å². The minimum absolute atomic E-state index is 0.00226. The first-order valence-corrected chi connectivity index (χ1v) is 12.4. The summed E-state index contributed by atoms with van der Waals surface area (Å²) in [6.45, 7) is 7.18. The predicted octanol–water partition coefficient (Wildman–Crippen LogP) is 4.12. The molecule has 0 aromatic heterocycles. The number of hydrogen-bond donors (Lipinski definition) is 1. The average molecular weight is 481 g/mol. The Labute approximate surface area is 205 Å². The molecule has 3 atom stereocenters. The largest absolute Gasteiger partial charge is 0.464 e. The zero-order valence-electron chi connectivity index (χ0n) is 20.7. The Balaban J connectivity index is 1.71. The lowest BCUT2D eigenvalue weighted by molar-refractivity contribution is -0.153. The van der Waals surface area contributed by atoms with E-state index >= 15 is 0 Å². The smallest absolute Gasteiger partial charge is 0.343 e. The molecule has 0 amide bonds. The number of allylic oxidation sites excluding steroid dienone is 3. The van der Waals surface area contributed by atoms with E-state index in [9.17, 15) is 24.3 Å². The average Bonchev–Trinajstić information content (AvgIpc) is 3.07. The van der Waals surface area contributed by atoms with Crippen molar-refractivity contribution < 1.29 is 33.8 Å². The first-order chi connectivity index (χ1) is 16.6. The standard InChI is InChI=1S/C28H32O7/c1-5-6-7-8-9-15(2)26(32)24-25-19-14-34-21(23-16(3)10-18(29)13-20(23)30)11-17(19)12-22(31)28(25,4)35-27(24)33/h11-12,14-15,18,29H,5-10,13H2,1-4H3/t15-,18-,28-/m0/s1. The van der Waals surface area contributed by atoms with Crippen molar-refractivity contribution in [3.05, 3.63) is 57.6 Å². The third kappa shape index (κ3) is 4.38. The van der Waals surface area contributed by atoms with Crippen LogP contribution in [0.4, 0.5) is 0 Å². The van der Waals surface area contributed by atoms with Crippen LogP contribution in [-0.4, -0.2) is 40.1 Å². The highest BCUT2D eigenvalue weighted by Crippen LogP contribution is 2.47. The molecule has 35 heavy (non-hydrogen) atoms. The number of rotatable bonds is 8. The van der Waals surface area contributed by atoms with Gasteiger partial charge < -0.3 is 14.6 Å². The highest BCUT2D eigenvalue weighted by atomic mass is 16.6. The van der Waals surface area contributed by atoms with Crippen LogP contribution in [0, 0.1) is 5.92 Å². The van der Waals surface area contributed by atoms with Gasteiger partial charge in [-0.3, -0.25) is 14.4 Å². The number of hydrogen-bond acceptors (Lipinski definition) is 7. The molecule has 0 unspecified atom stereocenters. The number of aliphatic hydroxyl groups is 1. The third-order valence-electron chi connectivity index (χ3n) is 7.25. The number of esters is 1. The van der Waals surface area contributed by atoms with Crippen molar-refractivity contribution in [3.63, 3.8) is 0 Å². The minimum Gasteiger partial charge on any atom is -0.464 e. The molecule has 1 N–H and O–H groups in total. The molecule has 7 nitrogen and oxygen atoms in total. The molecule has 0 bridgehead atoms. The molecule has 0 radical (unpaired) electrons. The number of ketones is 3. The zero-order valence-corrected chi connectivity index (χ0v) is 20.7. The van der Waals surface area contributed by atoms with Crippen molar-refractivity contribution in [1.82, 2.24) is 0 Å². The molecule has 0 spiro atoms. The van der Waals surface area contributed by atoms with Crippen LogP contribution in [0.1, 0.15) is 72.6 Å². The van der Waals surface area contributed by atoms with Crippen LogP contribution in [0.2, 0.25) is 0 Å². The summed E-state index contributed by atoms with van der Waals surface area (Å²) < 4.78 is 11.3. The van der Waals surface area contributed by atoms with Gasteiger partial charge in [0.2, 0.25) is 5.78 Å². The van der Waals surface area contributed by atoms with E-state index in [0.717, 1.165) is 25.7 Å². The lowest BCUT2D eigenvalue weighted by Crippen LogP contribution is -2.40. The Hall–Kier alpha value is -3.06. The van der Waals surface area contributed by atoms with Gasteiger partial charge in [-0.25, -0.2) is 4.79 Å². The second kappa shape index (κ2) is 9.53. The molecule has 7 heteroatoms. The van der Waals surface area contributed by atoms with Crippen LogP contribution < -0.4 is 0 Å². The molecule has 4 aliphatic rings. The van der Waals surface area contributed by atoms with Crippen LogP contribution in [0.15, 0.2) is 57.6 Å². The summed E-state index contributed by atoms with van der Waals surface area (Å²) >= 11 is 0. The van der Waals surface area contributed by atoms with E-state index in [4.69, 9.17) is 9.47 Å².